The topological polar surface area (TPSA) is 83.5 Å². The van der Waals surface area contributed by atoms with Crippen molar-refractivity contribution in [3.8, 4) is 0 Å². The van der Waals surface area contributed by atoms with Crippen LogP contribution in [0.25, 0.3) is 0 Å². The van der Waals surface area contributed by atoms with Gasteiger partial charge in [-0.25, -0.2) is 13.1 Å². The van der Waals surface area contributed by atoms with Crippen LogP contribution >= 0.6 is 0 Å². The monoisotopic (exact) mass is 277 g/mol. The molecule has 0 amide bonds. The number of rotatable bonds is 6. The van der Waals surface area contributed by atoms with Gasteiger partial charge in [-0.05, 0) is 32.1 Å². The van der Waals surface area contributed by atoms with E-state index in [0.29, 0.717) is 25.2 Å². The first-order valence-electron chi connectivity index (χ1n) is 6.41. The van der Waals surface area contributed by atoms with Gasteiger partial charge in [-0.15, -0.1) is 0 Å². The third kappa shape index (κ3) is 3.68. The van der Waals surface area contributed by atoms with E-state index in [4.69, 9.17) is 0 Å². The number of sulfonamides is 1. The van der Waals surface area contributed by atoms with E-state index in [0.717, 1.165) is 6.42 Å². The molecule has 0 aromatic carbocycles. The molecule has 1 saturated carbocycles. The van der Waals surface area contributed by atoms with Crippen LogP contribution in [0.5, 0.6) is 0 Å². The van der Waals surface area contributed by atoms with E-state index in [1.165, 1.54) is 0 Å². The molecule has 1 aliphatic carbocycles. The molecule has 0 aromatic rings. The molecular weight excluding hydrogens is 254 g/mol. The van der Waals surface area contributed by atoms with Gasteiger partial charge in [0.15, 0.2) is 0 Å². The van der Waals surface area contributed by atoms with Crippen molar-refractivity contribution in [1.82, 2.24) is 4.72 Å². The molecule has 1 fully saturated rings. The smallest absolute Gasteiger partial charge is 0.310 e. The zero-order valence-electron chi connectivity index (χ0n) is 11.3. The van der Waals surface area contributed by atoms with Crippen LogP contribution in [0.2, 0.25) is 0 Å². The van der Waals surface area contributed by atoms with Crippen molar-refractivity contribution in [2.24, 2.45) is 11.3 Å². The van der Waals surface area contributed by atoms with Crippen molar-refractivity contribution in [2.75, 3.05) is 5.75 Å². The third-order valence-electron chi connectivity index (χ3n) is 3.73. The Kier molecular flexibility index (Phi) is 4.78. The van der Waals surface area contributed by atoms with E-state index >= 15 is 0 Å². The summed E-state index contributed by atoms with van der Waals surface area (Å²) in [7, 11) is -3.38. The van der Waals surface area contributed by atoms with Crippen LogP contribution in [0.4, 0.5) is 0 Å². The van der Waals surface area contributed by atoms with Gasteiger partial charge in [-0.2, -0.15) is 0 Å². The molecule has 18 heavy (non-hydrogen) atoms. The Morgan fingerprint density at radius 3 is 2.61 bits per heavy atom. The molecule has 2 N–H and O–H groups in total. The maximum Gasteiger partial charge on any atom is 0.310 e. The van der Waals surface area contributed by atoms with Crippen molar-refractivity contribution in [1.29, 1.82) is 0 Å². The number of nitrogens with one attached hydrogen (secondary N) is 1. The Labute approximate surface area is 109 Å². The van der Waals surface area contributed by atoms with Crippen LogP contribution in [0, 0.1) is 11.3 Å². The summed E-state index contributed by atoms with van der Waals surface area (Å²) < 4.78 is 26.4. The molecule has 106 valence electrons. The third-order valence-corrected chi connectivity index (χ3v) is 5.15. The maximum atomic E-state index is 11.9. The predicted octanol–water partition coefficient (Wildman–Crippen LogP) is 1.60. The molecule has 5 nitrogen and oxygen atoms in total. The highest BCUT2D eigenvalue weighted by Gasteiger charge is 2.46. The number of carbonyl (C=O) groups is 1. The minimum Gasteiger partial charge on any atom is -0.481 e. The first kappa shape index (κ1) is 15.4. The fraction of sp³-hybridized carbons (Fsp3) is 0.917. The molecule has 1 rings (SSSR count). The summed E-state index contributed by atoms with van der Waals surface area (Å²) in [6, 6.07) is -0.479. The molecule has 6 heteroatoms. The van der Waals surface area contributed by atoms with Gasteiger partial charge in [0.05, 0.1) is 11.2 Å². The number of carboxylic acids is 1. The quantitative estimate of drug-likeness (QED) is 0.772. The average molecular weight is 277 g/mol. The normalized spacial score (nSPS) is 28.8. The number of carboxylic acid groups (broad SMARTS) is 1. The van der Waals surface area contributed by atoms with Crippen LogP contribution in [-0.2, 0) is 14.8 Å². The van der Waals surface area contributed by atoms with Crippen molar-refractivity contribution >= 4 is 16.0 Å². The lowest BCUT2D eigenvalue weighted by Gasteiger charge is -2.27. The van der Waals surface area contributed by atoms with E-state index in [9.17, 15) is 18.3 Å². The van der Waals surface area contributed by atoms with Crippen LogP contribution in [-0.4, -0.2) is 31.3 Å². The van der Waals surface area contributed by atoms with E-state index in [-0.39, 0.29) is 5.75 Å². The summed E-state index contributed by atoms with van der Waals surface area (Å²) in [5, 5.41) is 9.22. The molecule has 0 spiro atoms. The predicted molar refractivity (Wildman–Crippen MR) is 69.8 cm³/mol. The van der Waals surface area contributed by atoms with Crippen molar-refractivity contribution in [3.05, 3.63) is 0 Å². The molecular formula is C12H23NO4S. The van der Waals surface area contributed by atoms with Crippen LogP contribution in [0.3, 0.4) is 0 Å². The van der Waals surface area contributed by atoms with Gasteiger partial charge in [-0.3, -0.25) is 4.79 Å². The van der Waals surface area contributed by atoms with Crippen molar-refractivity contribution in [2.45, 2.75) is 52.5 Å². The van der Waals surface area contributed by atoms with Gasteiger partial charge in [0.25, 0.3) is 0 Å². The summed E-state index contributed by atoms with van der Waals surface area (Å²) in [5.41, 5.74) is -0.967. The minimum atomic E-state index is -3.38. The SMILES string of the molecule is CC(C)CCS(=O)(=O)NC1CCCC1(C)C(=O)O. The summed E-state index contributed by atoms with van der Waals surface area (Å²) in [5.74, 6) is -0.538. The highest BCUT2D eigenvalue weighted by molar-refractivity contribution is 7.89. The lowest BCUT2D eigenvalue weighted by atomic mass is 9.85. The van der Waals surface area contributed by atoms with Crippen LogP contribution in [0.1, 0.15) is 46.5 Å². The molecule has 0 aromatic heterocycles. The van der Waals surface area contributed by atoms with Gasteiger partial charge in [-0.1, -0.05) is 20.3 Å². The molecule has 0 bridgehead atoms. The highest BCUT2D eigenvalue weighted by Crippen LogP contribution is 2.38. The number of aliphatic carboxylic acids is 1. The zero-order valence-corrected chi connectivity index (χ0v) is 12.1. The molecule has 0 aliphatic heterocycles. The van der Waals surface area contributed by atoms with E-state index in [1.54, 1.807) is 6.92 Å². The van der Waals surface area contributed by atoms with Crippen molar-refractivity contribution in [3.63, 3.8) is 0 Å². The Bertz CT molecular complexity index is 404. The first-order chi connectivity index (χ1) is 8.17. The van der Waals surface area contributed by atoms with Gasteiger partial charge in [0.1, 0.15) is 0 Å². The van der Waals surface area contributed by atoms with Crippen LogP contribution < -0.4 is 4.72 Å². The van der Waals surface area contributed by atoms with E-state index in [2.05, 4.69) is 4.72 Å². The van der Waals surface area contributed by atoms with Gasteiger partial charge in [0, 0.05) is 6.04 Å². The number of hydrogen-bond acceptors (Lipinski definition) is 3. The first-order valence-corrected chi connectivity index (χ1v) is 8.06. The van der Waals surface area contributed by atoms with E-state index < -0.39 is 27.4 Å². The number of hydrogen-bond donors (Lipinski definition) is 2. The van der Waals surface area contributed by atoms with Crippen LogP contribution in [0.15, 0.2) is 0 Å². The minimum absolute atomic E-state index is 0.0663. The summed E-state index contributed by atoms with van der Waals surface area (Å²) >= 11 is 0. The molecule has 2 atom stereocenters. The maximum absolute atomic E-state index is 11.9. The second-order valence-electron chi connectivity index (χ2n) is 5.79. The molecule has 0 radical (unpaired) electrons. The summed E-state index contributed by atoms with van der Waals surface area (Å²) in [6.07, 6.45) is 2.47. The lowest BCUT2D eigenvalue weighted by Crippen LogP contribution is -2.47. The molecule has 0 heterocycles. The van der Waals surface area contributed by atoms with E-state index in [1.807, 2.05) is 13.8 Å². The highest BCUT2D eigenvalue weighted by atomic mass is 32.2. The second-order valence-corrected chi connectivity index (χ2v) is 7.66. The second kappa shape index (κ2) is 5.57. The van der Waals surface area contributed by atoms with Gasteiger partial charge < -0.3 is 5.11 Å². The fourth-order valence-electron chi connectivity index (χ4n) is 2.28. The fourth-order valence-corrected chi connectivity index (χ4v) is 3.99. The Morgan fingerprint density at radius 1 is 1.50 bits per heavy atom. The zero-order chi connectivity index (χ0) is 14.0. The summed E-state index contributed by atoms with van der Waals surface area (Å²) in [6.45, 7) is 5.55. The molecule has 1 aliphatic rings. The lowest BCUT2D eigenvalue weighted by molar-refractivity contribution is -0.148. The van der Waals surface area contributed by atoms with Crippen molar-refractivity contribution < 1.29 is 18.3 Å². The Morgan fingerprint density at radius 2 is 2.11 bits per heavy atom. The Balaban J connectivity index is 2.69. The summed E-state index contributed by atoms with van der Waals surface area (Å²) in [4.78, 5) is 11.3. The molecule has 2 unspecified atom stereocenters. The largest absolute Gasteiger partial charge is 0.481 e. The molecule has 0 saturated heterocycles. The van der Waals surface area contributed by atoms with Gasteiger partial charge in [0.2, 0.25) is 10.0 Å². The average Bonchev–Trinajstić information content (AvgIpc) is 2.58. The Hall–Kier alpha value is -0.620. The van der Waals surface area contributed by atoms with Gasteiger partial charge >= 0.3 is 5.97 Å². The standard InChI is InChI=1S/C12H23NO4S/c1-9(2)6-8-18(16,17)13-10-5-4-7-12(10,3)11(14)15/h9-10,13H,4-8H2,1-3H3,(H,14,15).